The van der Waals surface area contributed by atoms with Crippen molar-refractivity contribution >= 4 is 0 Å². The molecule has 90 valence electrons. The summed E-state index contributed by atoms with van der Waals surface area (Å²) in [7, 11) is 0. The van der Waals surface area contributed by atoms with E-state index in [2.05, 4.69) is 43.4 Å². The van der Waals surface area contributed by atoms with Gasteiger partial charge in [-0.05, 0) is 37.6 Å². The van der Waals surface area contributed by atoms with Gasteiger partial charge in [-0.25, -0.2) is 0 Å². The first-order chi connectivity index (χ1) is 8.31. The number of aryl methyl sites for hydroxylation is 1. The van der Waals surface area contributed by atoms with Gasteiger partial charge in [0, 0.05) is 0 Å². The second-order valence-electron chi connectivity index (χ2n) is 4.31. The van der Waals surface area contributed by atoms with Crippen molar-refractivity contribution in [1.82, 2.24) is 5.32 Å². The van der Waals surface area contributed by atoms with Crippen LogP contribution in [0.5, 0.6) is 0 Å². The number of benzene rings is 1. The van der Waals surface area contributed by atoms with Crippen LogP contribution in [-0.4, -0.2) is 6.54 Å². The predicted octanol–water partition coefficient (Wildman–Crippen LogP) is 3.68. The van der Waals surface area contributed by atoms with Gasteiger partial charge >= 0.3 is 0 Å². The average Bonchev–Trinajstić information content (AvgIpc) is 2.85. The van der Waals surface area contributed by atoms with Crippen LogP contribution in [0.1, 0.15) is 36.3 Å². The monoisotopic (exact) mass is 229 g/mol. The van der Waals surface area contributed by atoms with E-state index in [4.69, 9.17) is 4.42 Å². The fourth-order valence-corrected chi connectivity index (χ4v) is 1.89. The van der Waals surface area contributed by atoms with Gasteiger partial charge in [-0.1, -0.05) is 36.8 Å². The van der Waals surface area contributed by atoms with Crippen LogP contribution in [0.2, 0.25) is 0 Å². The minimum atomic E-state index is 0.158. The summed E-state index contributed by atoms with van der Waals surface area (Å²) < 4.78 is 5.51. The van der Waals surface area contributed by atoms with Gasteiger partial charge < -0.3 is 9.73 Å². The Labute approximate surface area is 103 Å². The highest BCUT2D eigenvalue weighted by molar-refractivity contribution is 5.29. The number of furan rings is 1. The Morgan fingerprint density at radius 1 is 1.18 bits per heavy atom. The van der Waals surface area contributed by atoms with E-state index in [1.54, 1.807) is 6.26 Å². The van der Waals surface area contributed by atoms with Crippen LogP contribution in [0.4, 0.5) is 0 Å². The van der Waals surface area contributed by atoms with E-state index in [9.17, 15) is 0 Å². The van der Waals surface area contributed by atoms with Crippen molar-refractivity contribution in [3.05, 3.63) is 59.5 Å². The summed E-state index contributed by atoms with van der Waals surface area (Å²) in [5.74, 6) is 0.974. The molecule has 0 saturated heterocycles. The van der Waals surface area contributed by atoms with Crippen molar-refractivity contribution < 1.29 is 4.42 Å². The van der Waals surface area contributed by atoms with Crippen LogP contribution >= 0.6 is 0 Å². The smallest absolute Gasteiger partial charge is 0.125 e. The molecule has 1 N–H and O–H groups in total. The minimum absolute atomic E-state index is 0.158. The molecule has 0 spiro atoms. The van der Waals surface area contributed by atoms with Crippen LogP contribution in [0.3, 0.4) is 0 Å². The molecular formula is C15H19NO. The van der Waals surface area contributed by atoms with Crippen molar-refractivity contribution in [1.29, 1.82) is 0 Å². The number of nitrogens with one attached hydrogen (secondary N) is 1. The molecule has 2 rings (SSSR count). The number of hydrogen-bond donors (Lipinski definition) is 1. The zero-order chi connectivity index (χ0) is 12.1. The van der Waals surface area contributed by atoms with Crippen LogP contribution < -0.4 is 5.32 Å². The van der Waals surface area contributed by atoms with E-state index in [1.807, 2.05) is 12.1 Å². The molecule has 1 aromatic carbocycles. The molecule has 2 heteroatoms. The van der Waals surface area contributed by atoms with Gasteiger partial charge in [0.15, 0.2) is 0 Å². The first-order valence-electron chi connectivity index (χ1n) is 6.14. The van der Waals surface area contributed by atoms with Gasteiger partial charge in [0.25, 0.3) is 0 Å². The Morgan fingerprint density at radius 3 is 2.53 bits per heavy atom. The highest BCUT2D eigenvalue weighted by atomic mass is 16.3. The molecule has 1 aromatic heterocycles. The Kier molecular flexibility index (Phi) is 3.99. The topological polar surface area (TPSA) is 25.2 Å². The zero-order valence-electron chi connectivity index (χ0n) is 10.4. The molecule has 0 bridgehead atoms. The summed E-state index contributed by atoms with van der Waals surface area (Å²) in [5.41, 5.74) is 2.53. The lowest BCUT2D eigenvalue weighted by atomic mass is 10.0. The normalized spacial score (nSPS) is 12.6. The predicted molar refractivity (Wildman–Crippen MR) is 70.0 cm³/mol. The van der Waals surface area contributed by atoms with E-state index < -0.39 is 0 Å². The first-order valence-corrected chi connectivity index (χ1v) is 6.14. The molecule has 17 heavy (non-hydrogen) atoms. The summed E-state index contributed by atoms with van der Waals surface area (Å²) in [6, 6.07) is 12.7. The molecule has 0 saturated carbocycles. The third-order valence-electron chi connectivity index (χ3n) is 2.84. The van der Waals surface area contributed by atoms with Gasteiger partial charge in [0.2, 0.25) is 0 Å². The lowest BCUT2D eigenvalue weighted by Gasteiger charge is -2.16. The lowest BCUT2D eigenvalue weighted by Crippen LogP contribution is -2.22. The summed E-state index contributed by atoms with van der Waals surface area (Å²) in [6.07, 6.45) is 2.84. The second kappa shape index (κ2) is 5.69. The molecule has 0 aliphatic rings. The lowest BCUT2D eigenvalue weighted by molar-refractivity contribution is 0.446. The quantitative estimate of drug-likeness (QED) is 0.846. The van der Waals surface area contributed by atoms with Crippen molar-refractivity contribution in [3.63, 3.8) is 0 Å². The van der Waals surface area contributed by atoms with E-state index in [1.165, 1.54) is 11.1 Å². The fourth-order valence-electron chi connectivity index (χ4n) is 1.89. The summed E-state index contributed by atoms with van der Waals surface area (Å²) >= 11 is 0. The molecule has 2 nitrogen and oxygen atoms in total. The fraction of sp³-hybridized carbons (Fsp3) is 0.333. The molecule has 1 unspecified atom stereocenters. The van der Waals surface area contributed by atoms with Crippen LogP contribution in [0, 0.1) is 6.92 Å². The largest absolute Gasteiger partial charge is 0.467 e. The third kappa shape index (κ3) is 2.98. The number of rotatable bonds is 5. The zero-order valence-corrected chi connectivity index (χ0v) is 10.4. The van der Waals surface area contributed by atoms with E-state index in [0.717, 1.165) is 18.7 Å². The van der Waals surface area contributed by atoms with E-state index >= 15 is 0 Å². The molecule has 0 amide bonds. The summed E-state index contributed by atoms with van der Waals surface area (Å²) in [6.45, 7) is 5.26. The average molecular weight is 229 g/mol. The summed E-state index contributed by atoms with van der Waals surface area (Å²) in [4.78, 5) is 0. The molecule has 1 heterocycles. The molecular weight excluding hydrogens is 210 g/mol. The van der Waals surface area contributed by atoms with Crippen LogP contribution in [-0.2, 0) is 0 Å². The highest BCUT2D eigenvalue weighted by Crippen LogP contribution is 2.22. The Morgan fingerprint density at radius 2 is 1.94 bits per heavy atom. The molecule has 0 fully saturated rings. The van der Waals surface area contributed by atoms with Gasteiger partial charge in [0.1, 0.15) is 5.76 Å². The van der Waals surface area contributed by atoms with Gasteiger partial charge in [-0.2, -0.15) is 0 Å². The molecule has 1 atom stereocenters. The van der Waals surface area contributed by atoms with Gasteiger partial charge in [-0.3, -0.25) is 0 Å². The van der Waals surface area contributed by atoms with Crippen molar-refractivity contribution in [3.8, 4) is 0 Å². The van der Waals surface area contributed by atoms with Crippen LogP contribution in [0.15, 0.2) is 47.1 Å². The highest BCUT2D eigenvalue weighted by Gasteiger charge is 2.15. The Bertz CT molecular complexity index is 430. The minimum Gasteiger partial charge on any atom is -0.467 e. The van der Waals surface area contributed by atoms with Crippen LogP contribution in [0.25, 0.3) is 0 Å². The molecule has 0 aliphatic heterocycles. The van der Waals surface area contributed by atoms with Crippen molar-refractivity contribution in [2.24, 2.45) is 0 Å². The van der Waals surface area contributed by atoms with Crippen molar-refractivity contribution in [2.45, 2.75) is 26.3 Å². The van der Waals surface area contributed by atoms with Crippen molar-refractivity contribution in [2.75, 3.05) is 6.54 Å². The summed E-state index contributed by atoms with van der Waals surface area (Å²) in [5, 5.41) is 3.51. The molecule has 0 radical (unpaired) electrons. The van der Waals surface area contributed by atoms with E-state index in [0.29, 0.717) is 0 Å². The maximum absolute atomic E-state index is 5.51. The standard InChI is InChI=1S/C15H19NO/c1-3-10-16-15(14-5-4-11-17-14)13-8-6-12(2)7-9-13/h4-9,11,15-16H,3,10H2,1-2H3. The Hall–Kier alpha value is -1.54. The van der Waals surface area contributed by atoms with E-state index in [-0.39, 0.29) is 6.04 Å². The molecule has 2 aromatic rings. The maximum atomic E-state index is 5.51. The Balaban J connectivity index is 2.23. The maximum Gasteiger partial charge on any atom is 0.125 e. The first kappa shape index (κ1) is 11.9. The van der Waals surface area contributed by atoms with Gasteiger partial charge in [-0.15, -0.1) is 0 Å². The number of hydrogen-bond acceptors (Lipinski definition) is 2. The SMILES string of the molecule is CCCNC(c1ccc(C)cc1)c1ccco1. The third-order valence-corrected chi connectivity index (χ3v) is 2.84. The van der Waals surface area contributed by atoms with Gasteiger partial charge in [0.05, 0.1) is 12.3 Å². The molecule has 0 aliphatic carbocycles. The second-order valence-corrected chi connectivity index (χ2v) is 4.31.